The minimum atomic E-state index is -0.0585. The standard InChI is InChI=1S/C16H23FN2/c1-13-2-3-15(17)14(10-13)11-19-9-6-16(12-19)4-7-18-8-5-16/h2-3,10,18H,4-9,11-12H2,1H3. The van der Waals surface area contributed by atoms with Gasteiger partial charge in [-0.1, -0.05) is 17.7 Å². The molecule has 0 bridgehead atoms. The van der Waals surface area contributed by atoms with E-state index in [4.69, 9.17) is 0 Å². The van der Waals surface area contributed by atoms with Crippen LogP contribution >= 0.6 is 0 Å². The second-order valence-electron chi connectivity index (χ2n) is 6.31. The molecule has 2 nitrogen and oxygen atoms in total. The van der Waals surface area contributed by atoms with Crippen molar-refractivity contribution in [3.8, 4) is 0 Å². The number of likely N-dealkylation sites (tertiary alicyclic amines) is 1. The fourth-order valence-corrected chi connectivity index (χ4v) is 3.59. The summed E-state index contributed by atoms with van der Waals surface area (Å²) in [5.41, 5.74) is 2.50. The number of rotatable bonds is 2. The third-order valence-electron chi connectivity index (χ3n) is 4.78. The summed E-state index contributed by atoms with van der Waals surface area (Å²) in [6.07, 6.45) is 3.84. The van der Waals surface area contributed by atoms with Crippen LogP contribution in [0.2, 0.25) is 0 Å². The van der Waals surface area contributed by atoms with Crippen molar-refractivity contribution < 1.29 is 4.39 Å². The van der Waals surface area contributed by atoms with Crippen molar-refractivity contribution in [1.82, 2.24) is 10.2 Å². The Bertz CT molecular complexity index is 452. The Morgan fingerprint density at radius 1 is 1.26 bits per heavy atom. The Kier molecular flexibility index (Phi) is 3.59. The predicted octanol–water partition coefficient (Wildman–Crippen LogP) is 2.71. The molecule has 0 atom stereocenters. The van der Waals surface area contributed by atoms with Crippen molar-refractivity contribution in [2.75, 3.05) is 26.2 Å². The number of aryl methyl sites for hydroxylation is 1. The first-order valence-electron chi connectivity index (χ1n) is 7.35. The van der Waals surface area contributed by atoms with Gasteiger partial charge in [0.05, 0.1) is 0 Å². The first-order chi connectivity index (χ1) is 9.17. The molecule has 1 aromatic carbocycles. The lowest BCUT2D eigenvalue weighted by Crippen LogP contribution is -2.38. The summed E-state index contributed by atoms with van der Waals surface area (Å²) in [7, 11) is 0. The summed E-state index contributed by atoms with van der Waals surface area (Å²) in [6, 6.07) is 5.43. The molecule has 0 saturated carbocycles. The van der Waals surface area contributed by atoms with E-state index >= 15 is 0 Å². The lowest BCUT2D eigenvalue weighted by molar-refractivity contribution is 0.193. The zero-order chi connectivity index (χ0) is 13.3. The molecule has 1 aromatic rings. The Morgan fingerprint density at radius 2 is 2.05 bits per heavy atom. The van der Waals surface area contributed by atoms with Gasteiger partial charge >= 0.3 is 0 Å². The number of nitrogens with zero attached hydrogens (tertiary/aromatic N) is 1. The SMILES string of the molecule is Cc1ccc(F)c(CN2CCC3(CCNCC3)C2)c1. The summed E-state index contributed by atoms with van der Waals surface area (Å²) in [6.45, 7) is 7.35. The summed E-state index contributed by atoms with van der Waals surface area (Å²) < 4.78 is 13.8. The highest BCUT2D eigenvalue weighted by Gasteiger charge is 2.38. The molecule has 2 saturated heterocycles. The molecule has 1 N–H and O–H groups in total. The summed E-state index contributed by atoms with van der Waals surface area (Å²) in [4.78, 5) is 2.43. The topological polar surface area (TPSA) is 15.3 Å². The number of halogens is 1. The second-order valence-corrected chi connectivity index (χ2v) is 6.31. The molecule has 104 valence electrons. The van der Waals surface area contributed by atoms with Crippen LogP contribution in [-0.4, -0.2) is 31.1 Å². The molecule has 2 fully saturated rings. The van der Waals surface area contributed by atoms with E-state index in [-0.39, 0.29) is 5.82 Å². The molecule has 0 aliphatic carbocycles. The lowest BCUT2D eigenvalue weighted by atomic mass is 9.78. The fourth-order valence-electron chi connectivity index (χ4n) is 3.59. The van der Waals surface area contributed by atoms with Gasteiger partial charge in [0.25, 0.3) is 0 Å². The van der Waals surface area contributed by atoms with Crippen LogP contribution in [-0.2, 0) is 6.54 Å². The smallest absolute Gasteiger partial charge is 0.127 e. The third-order valence-corrected chi connectivity index (χ3v) is 4.78. The molecule has 0 aromatic heterocycles. The molecule has 1 spiro atoms. The Morgan fingerprint density at radius 3 is 2.84 bits per heavy atom. The monoisotopic (exact) mass is 262 g/mol. The van der Waals surface area contributed by atoms with Gasteiger partial charge in [0, 0.05) is 18.7 Å². The van der Waals surface area contributed by atoms with Gasteiger partial charge in [0.15, 0.2) is 0 Å². The maximum atomic E-state index is 13.8. The van der Waals surface area contributed by atoms with Crippen molar-refractivity contribution >= 4 is 0 Å². The molecule has 0 radical (unpaired) electrons. The van der Waals surface area contributed by atoms with Gasteiger partial charge in [0.1, 0.15) is 5.82 Å². The number of hydrogen-bond acceptors (Lipinski definition) is 2. The normalized spacial score (nSPS) is 23.1. The first kappa shape index (κ1) is 13.1. The van der Waals surface area contributed by atoms with E-state index in [1.165, 1.54) is 19.3 Å². The molecule has 0 amide bonds. The van der Waals surface area contributed by atoms with E-state index in [2.05, 4.69) is 10.2 Å². The Labute approximate surface area is 115 Å². The van der Waals surface area contributed by atoms with Gasteiger partial charge < -0.3 is 5.32 Å². The summed E-state index contributed by atoms with van der Waals surface area (Å²) >= 11 is 0. The highest BCUT2D eigenvalue weighted by molar-refractivity contribution is 5.24. The van der Waals surface area contributed by atoms with Gasteiger partial charge in [-0.2, -0.15) is 0 Å². The van der Waals surface area contributed by atoms with Crippen LogP contribution in [0.4, 0.5) is 4.39 Å². The lowest BCUT2D eigenvalue weighted by Gasteiger charge is -2.34. The highest BCUT2D eigenvalue weighted by Crippen LogP contribution is 2.39. The maximum Gasteiger partial charge on any atom is 0.127 e. The molecular formula is C16H23FN2. The Balaban J connectivity index is 1.66. The van der Waals surface area contributed by atoms with E-state index in [1.807, 2.05) is 19.1 Å². The minimum Gasteiger partial charge on any atom is -0.317 e. The molecular weight excluding hydrogens is 239 g/mol. The van der Waals surface area contributed by atoms with Gasteiger partial charge in [-0.15, -0.1) is 0 Å². The summed E-state index contributed by atoms with van der Waals surface area (Å²) in [5.74, 6) is -0.0585. The third kappa shape index (κ3) is 2.82. The zero-order valence-corrected chi connectivity index (χ0v) is 11.7. The van der Waals surface area contributed by atoms with Crippen LogP contribution in [0.1, 0.15) is 30.4 Å². The van der Waals surface area contributed by atoms with Gasteiger partial charge in [-0.05, 0) is 57.3 Å². The fraction of sp³-hybridized carbons (Fsp3) is 0.625. The Hall–Kier alpha value is -0.930. The van der Waals surface area contributed by atoms with Crippen molar-refractivity contribution in [2.45, 2.75) is 32.7 Å². The van der Waals surface area contributed by atoms with Gasteiger partial charge in [-0.3, -0.25) is 4.90 Å². The van der Waals surface area contributed by atoms with Crippen molar-refractivity contribution in [1.29, 1.82) is 0 Å². The van der Waals surface area contributed by atoms with Crippen LogP contribution < -0.4 is 5.32 Å². The van der Waals surface area contributed by atoms with Crippen molar-refractivity contribution in [3.63, 3.8) is 0 Å². The number of nitrogens with one attached hydrogen (secondary N) is 1. The van der Waals surface area contributed by atoms with E-state index in [0.717, 1.165) is 43.9 Å². The van der Waals surface area contributed by atoms with E-state index in [0.29, 0.717) is 5.41 Å². The molecule has 19 heavy (non-hydrogen) atoms. The van der Waals surface area contributed by atoms with Crippen LogP contribution in [0, 0.1) is 18.2 Å². The molecule has 0 unspecified atom stereocenters. The first-order valence-corrected chi connectivity index (χ1v) is 7.35. The average molecular weight is 262 g/mol. The minimum absolute atomic E-state index is 0.0585. The number of piperidine rings is 1. The van der Waals surface area contributed by atoms with Crippen LogP contribution in [0.5, 0.6) is 0 Å². The number of benzene rings is 1. The van der Waals surface area contributed by atoms with Crippen molar-refractivity contribution in [3.05, 3.63) is 35.1 Å². The summed E-state index contributed by atoms with van der Waals surface area (Å²) in [5, 5.41) is 3.44. The molecule has 3 rings (SSSR count). The van der Waals surface area contributed by atoms with Crippen LogP contribution in [0.25, 0.3) is 0 Å². The largest absolute Gasteiger partial charge is 0.317 e. The van der Waals surface area contributed by atoms with Crippen LogP contribution in [0.15, 0.2) is 18.2 Å². The van der Waals surface area contributed by atoms with Gasteiger partial charge in [-0.25, -0.2) is 4.39 Å². The van der Waals surface area contributed by atoms with Gasteiger partial charge in [0.2, 0.25) is 0 Å². The average Bonchev–Trinajstić information content (AvgIpc) is 2.78. The predicted molar refractivity (Wildman–Crippen MR) is 75.6 cm³/mol. The van der Waals surface area contributed by atoms with E-state index < -0.39 is 0 Å². The second kappa shape index (κ2) is 5.22. The quantitative estimate of drug-likeness (QED) is 0.881. The molecule has 2 aliphatic rings. The van der Waals surface area contributed by atoms with Crippen molar-refractivity contribution in [2.24, 2.45) is 5.41 Å². The molecule has 2 aliphatic heterocycles. The zero-order valence-electron chi connectivity index (χ0n) is 11.7. The maximum absolute atomic E-state index is 13.8. The van der Waals surface area contributed by atoms with Crippen LogP contribution in [0.3, 0.4) is 0 Å². The van der Waals surface area contributed by atoms with E-state index in [9.17, 15) is 4.39 Å². The molecule has 3 heteroatoms. The molecule has 2 heterocycles. The highest BCUT2D eigenvalue weighted by atomic mass is 19.1. The number of hydrogen-bond donors (Lipinski definition) is 1. The van der Waals surface area contributed by atoms with E-state index in [1.54, 1.807) is 6.07 Å².